The molecule has 0 saturated heterocycles. The fourth-order valence-corrected chi connectivity index (χ4v) is 1.95. The van der Waals surface area contributed by atoms with E-state index in [1.165, 1.54) is 12.8 Å². The molecule has 0 heterocycles. The van der Waals surface area contributed by atoms with Crippen LogP contribution in [-0.4, -0.2) is 24.3 Å². The van der Waals surface area contributed by atoms with E-state index >= 15 is 0 Å². The summed E-state index contributed by atoms with van der Waals surface area (Å²) in [5.41, 5.74) is 5.53. The maximum Gasteiger partial charge on any atom is 0.407 e. The van der Waals surface area contributed by atoms with Crippen LogP contribution in [0.15, 0.2) is 0 Å². The summed E-state index contributed by atoms with van der Waals surface area (Å²) in [5.74, 6) is 1.54. The highest BCUT2D eigenvalue weighted by Crippen LogP contribution is 2.38. The number of ether oxygens (including phenoxy) is 1. The molecule has 1 aliphatic rings. The van der Waals surface area contributed by atoms with E-state index in [4.69, 9.17) is 10.5 Å². The van der Waals surface area contributed by atoms with Gasteiger partial charge in [0.25, 0.3) is 0 Å². The first-order valence-corrected chi connectivity index (χ1v) is 6.50. The van der Waals surface area contributed by atoms with Gasteiger partial charge in [-0.25, -0.2) is 4.79 Å². The molecular weight excluding hydrogens is 216 g/mol. The first kappa shape index (κ1) is 14.3. The molecule has 0 spiro atoms. The normalized spacial score (nSPS) is 19.6. The van der Waals surface area contributed by atoms with Crippen LogP contribution in [0.4, 0.5) is 4.79 Å². The lowest BCUT2D eigenvalue weighted by atomic mass is 9.97. The molecule has 1 amide bonds. The van der Waals surface area contributed by atoms with E-state index in [1.54, 1.807) is 0 Å². The van der Waals surface area contributed by atoms with Gasteiger partial charge in [-0.15, -0.1) is 0 Å². The number of alkyl carbamates (subject to hydrolysis) is 1. The van der Waals surface area contributed by atoms with Gasteiger partial charge in [0.1, 0.15) is 5.60 Å². The van der Waals surface area contributed by atoms with Crippen LogP contribution in [0.5, 0.6) is 0 Å². The van der Waals surface area contributed by atoms with E-state index in [0.29, 0.717) is 12.5 Å². The Morgan fingerprint density at radius 2 is 2.06 bits per heavy atom. The minimum atomic E-state index is -0.449. The summed E-state index contributed by atoms with van der Waals surface area (Å²) in [6.45, 7) is 8.28. The molecule has 3 N–H and O–H groups in total. The van der Waals surface area contributed by atoms with E-state index in [0.717, 1.165) is 12.3 Å². The molecule has 0 radical (unpaired) electrons. The zero-order chi connectivity index (χ0) is 13.1. The molecule has 100 valence electrons. The minimum Gasteiger partial charge on any atom is -0.444 e. The zero-order valence-corrected chi connectivity index (χ0v) is 11.5. The average Bonchev–Trinajstić information content (AvgIpc) is 2.94. The molecule has 1 fully saturated rings. The van der Waals surface area contributed by atoms with Crippen molar-refractivity contribution < 1.29 is 9.53 Å². The van der Waals surface area contributed by atoms with Crippen molar-refractivity contribution in [3.8, 4) is 0 Å². The summed E-state index contributed by atoms with van der Waals surface area (Å²) < 4.78 is 5.15. The molecule has 4 nitrogen and oxygen atoms in total. The van der Waals surface area contributed by atoms with Crippen molar-refractivity contribution in [2.24, 2.45) is 17.6 Å². The second kappa shape index (κ2) is 5.71. The summed E-state index contributed by atoms with van der Waals surface area (Å²) in [7, 11) is 0. The van der Waals surface area contributed by atoms with Crippen LogP contribution >= 0.6 is 0 Å². The average molecular weight is 242 g/mol. The fourth-order valence-electron chi connectivity index (χ4n) is 1.95. The summed E-state index contributed by atoms with van der Waals surface area (Å²) in [6.07, 6.45) is 3.27. The number of carbonyl (C=O) groups excluding carboxylic acids is 1. The first-order valence-electron chi connectivity index (χ1n) is 6.50. The highest BCUT2D eigenvalue weighted by Gasteiger charge is 2.28. The number of carbonyl (C=O) groups is 1. The lowest BCUT2D eigenvalue weighted by molar-refractivity contribution is 0.0523. The van der Waals surface area contributed by atoms with E-state index in [9.17, 15) is 4.79 Å². The Morgan fingerprint density at radius 1 is 1.47 bits per heavy atom. The molecule has 0 bridgehead atoms. The Kier molecular flexibility index (Phi) is 4.80. The van der Waals surface area contributed by atoms with Crippen molar-refractivity contribution in [1.29, 1.82) is 0 Å². The van der Waals surface area contributed by atoms with Gasteiger partial charge in [-0.1, -0.05) is 6.92 Å². The molecule has 0 aliphatic heterocycles. The predicted octanol–water partition coefficient (Wildman–Crippen LogP) is 2.27. The summed E-state index contributed by atoms with van der Waals surface area (Å²) in [5, 5.41) is 2.72. The number of amides is 1. The molecule has 17 heavy (non-hydrogen) atoms. The van der Waals surface area contributed by atoms with E-state index in [-0.39, 0.29) is 12.1 Å². The number of hydrogen-bond acceptors (Lipinski definition) is 3. The van der Waals surface area contributed by atoms with Crippen molar-refractivity contribution in [3.05, 3.63) is 0 Å². The van der Waals surface area contributed by atoms with Crippen LogP contribution in [0.1, 0.15) is 47.0 Å². The van der Waals surface area contributed by atoms with Gasteiger partial charge in [0.05, 0.1) is 0 Å². The Hall–Kier alpha value is -0.770. The van der Waals surface area contributed by atoms with Crippen molar-refractivity contribution in [3.63, 3.8) is 0 Å². The van der Waals surface area contributed by atoms with Gasteiger partial charge in [-0.2, -0.15) is 0 Å². The Morgan fingerprint density at radius 3 is 2.53 bits per heavy atom. The number of rotatable bonds is 5. The van der Waals surface area contributed by atoms with Crippen molar-refractivity contribution >= 4 is 6.09 Å². The van der Waals surface area contributed by atoms with Crippen LogP contribution in [0.2, 0.25) is 0 Å². The maximum atomic E-state index is 11.4. The van der Waals surface area contributed by atoms with E-state index in [2.05, 4.69) is 12.2 Å². The largest absolute Gasteiger partial charge is 0.444 e. The summed E-state index contributed by atoms with van der Waals surface area (Å²) in [4.78, 5) is 11.4. The Bertz CT molecular complexity index is 257. The van der Waals surface area contributed by atoms with Crippen LogP contribution in [0.3, 0.4) is 0 Å². The number of nitrogens with one attached hydrogen (secondary N) is 1. The standard InChI is InChI=1S/C13H26N2O2/c1-9(10-5-6-10)7-11(14)8-15-12(16)17-13(2,3)4/h9-11H,5-8,14H2,1-4H3,(H,15,16). The van der Waals surface area contributed by atoms with Crippen LogP contribution in [0.25, 0.3) is 0 Å². The van der Waals surface area contributed by atoms with Crippen LogP contribution in [0, 0.1) is 11.8 Å². The maximum absolute atomic E-state index is 11.4. The molecule has 0 aromatic carbocycles. The van der Waals surface area contributed by atoms with Gasteiger partial charge < -0.3 is 15.8 Å². The van der Waals surface area contributed by atoms with Crippen molar-refractivity contribution in [2.75, 3.05) is 6.54 Å². The van der Waals surface area contributed by atoms with Crippen molar-refractivity contribution in [1.82, 2.24) is 5.32 Å². The highest BCUT2D eigenvalue weighted by atomic mass is 16.6. The topological polar surface area (TPSA) is 64.3 Å². The van der Waals surface area contributed by atoms with Crippen molar-refractivity contribution in [2.45, 2.75) is 58.6 Å². The van der Waals surface area contributed by atoms with Gasteiger partial charge in [-0.3, -0.25) is 0 Å². The zero-order valence-electron chi connectivity index (χ0n) is 11.5. The van der Waals surface area contributed by atoms with Crippen LogP contribution in [-0.2, 0) is 4.74 Å². The van der Waals surface area contributed by atoms with E-state index in [1.807, 2.05) is 20.8 Å². The second-order valence-electron chi connectivity index (χ2n) is 6.19. The first-order chi connectivity index (χ1) is 7.78. The molecule has 0 aromatic rings. The summed E-state index contributed by atoms with van der Waals surface area (Å²) >= 11 is 0. The molecular formula is C13H26N2O2. The number of nitrogens with two attached hydrogens (primary N) is 1. The monoisotopic (exact) mass is 242 g/mol. The van der Waals surface area contributed by atoms with Gasteiger partial charge in [0.15, 0.2) is 0 Å². The highest BCUT2D eigenvalue weighted by molar-refractivity contribution is 5.67. The molecule has 1 aliphatic carbocycles. The molecule has 4 heteroatoms. The van der Waals surface area contributed by atoms with Gasteiger partial charge in [-0.05, 0) is 51.9 Å². The van der Waals surface area contributed by atoms with Gasteiger partial charge in [0.2, 0.25) is 0 Å². The Labute approximate surface area is 104 Å². The minimum absolute atomic E-state index is 0.0260. The van der Waals surface area contributed by atoms with E-state index < -0.39 is 5.60 Å². The van der Waals surface area contributed by atoms with Gasteiger partial charge >= 0.3 is 6.09 Å². The SMILES string of the molecule is CC(CC(N)CNC(=O)OC(C)(C)C)C1CC1. The third-order valence-corrected chi connectivity index (χ3v) is 3.01. The smallest absolute Gasteiger partial charge is 0.407 e. The second-order valence-corrected chi connectivity index (χ2v) is 6.19. The molecule has 1 saturated carbocycles. The lowest BCUT2D eigenvalue weighted by Crippen LogP contribution is -2.40. The molecule has 2 atom stereocenters. The number of hydrogen-bond donors (Lipinski definition) is 2. The lowest BCUT2D eigenvalue weighted by Gasteiger charge is -2.21. The Balaban J connectivity index is 2.14. The van der Waals surface area contributed by atoms with Gasteiger partial charge in [0, 0.05) is 12.6 Å². The molecule has 0 aromatic heterocycles. The predicted molar refractivity (Wildman–Crippen MR) is 68.7 cm³/mol. The third kappa shape index (κ3) is 6.51. The molecule has 1 rings (SSSR count). The third-order valence-electron chi connectivity index (χ3n) is 3.01. The quantitative estimate of drug-likeness (QED) is 0.777. The molecule has 2 unspecified atom stereocenters. The fraction of sp³-hybridized carbons (Fsp3) is 0.923. The summed E-state index contributed by atoms with van der Waals surface area (Å²) in [6, 6.07) is 0.0260. The van der Waals surface area contributed by atoms with Crippen LogP contribution < -0.4 is 11.1 Å².